The molecule has 2 rings (SSSR count). The molecule has 0 spiro atoms. The molecule has 0 aromatic heterocycles. The maximum absolute atomic E-state index is 12.6. The molecule has 0 saturated carbocycles. The Morgan fingerprint density at radius 3 is 2.54 bits per heavy atom. The van der Waals surface area contributed by atoms with E-state index in [-0.39, 0.29) is 22.6 Å². The second-order valence-electron chi connectivity index (χ2n) is 4.91. The fourth-order valence-electron chi connectivity index (χ4n) is 2.18. The lowest BCUT2D eigenvalue weighted by molar-refractivity contribution is -0.0328. The Bertz CT molecular complexity index is 750. The van der Waals surface area contributed by atoms with Gasteiger partial charge in [-0.15, -0.1) is 0 Å². The molecule has 0 aliphatic carbocycles. The fourth-order valence-corrected chi connectivity index (χ4v) is 3.18. The molecule has 0 aliphatic heterocycles. The van der Waals surface area contributed by atoms with Crippen molar-refractivity contribution in [3.8, 4) is 0 Å². The molecular formula is C16H15BrF3N3S. The summed E-state index contributed by atoms with van der Waals surface area (Å²) in [5.41, 5.74) is 3.36. The molecule has 2 aromatic rings. The number of hydrogen-bond donors (Lipinski definition) is 2. The van der Waals surface area contributed by atoms with E-state index in [4.69, 9.17) is 11.1 Å². The van der Waals surface area contributed by atoms with Gasteiger partial charge in [-0.25, -0.2) is 0 Å². The van der Waals surface area contributed by atoms with Gasteiger partial charge in [0, 0.05) is 15.1 Å². The van der Waals surface area contributed by atoms with Gasteiger partial charge in [-0.3, -0.25) is 10.3 Å². The van der Waals surface area contributed by atoms with Crippen LogP contribution in [0.1, 0.15) is 12.5 Å². The van der Waals surface area contributed by atoms with E-state index >= 15 is 0 Å². The van der Waals surface area contributed by atoms with Crippen LogP contribution in [0.2, 0.25) is 0 Å². The van der Waals surface area contributed by atoms with E-state index in [0.29, 0.717) is 15.8 Å². The summed E-state index contributed by atoms with van der Waals surface area (Å²) in [6, 6.07) is 11.6. The highest BCUT2D eigenvalue weighted by Gasteiger charge is 2.30. The minimum absolute atomic E-state index is 0.0265. The molecule has 0 heterocycles. The van der Waals surface area contributed by atoms with Crippen LogP contribution in [0.3, 0.4) is 0 Å². The Kier molecular flexibility index (Phi) is 5.82. The van der Waals surface area contributed by atoms with Gasteiger partial charge in [-0.1, -0.05) is 19.1 Å². The number of aryl methyl sites for hydroxylation is 1. The zero-order valence-corrected chi connectivity index (χ0v) is 15.1. The van der Waals surface area contributed by atoms with Crippen LogP contribution in [0, 0.1) is 5.41 Å². The molecule has 0 bridgehead atoms. The summed E-state index contributed by atoms with van der Waals surface area (Å²) >= 11 is 3.12. The third-order valence-corrected chi connectivity index (χ3v) is 4.60. The maximum atomic E-state index is 12.6. The van der Waals surface area contributed by atoms with Gasteiger partial charge >= 0.3 is 5.51 Å². The Morgan fingerprint density at radius 2 is 1.96 bits per heavy atom. The maximum Gasteiger partial charge on any atom is 0.446 e. The second-order valence-corrected chi connectivity index (χ2v) is 6.90. The van der Waals surface area contributed by atoms with E-state index < -0.39 is 5.51 Å². The molecule has 0 aliphatic rings. The smallest absolute Gasteiger partial charge is 0.369 e. The number of rotatable bonds is 4. The summed E-state index contributed by atoms with van der Waals surface area (Å²) in [6.45, 7) is 1.99. The van der Waals surface area contributed by atoms with E-state index in [1.54, 1.807) is 6.07 Å². The molecule has 0 unspecified atom stereocenters. The lowest BCUT2D eigenvalue weighted by Crippen LogP contribution is -2.32. The summed E-state index contributed by atoms with van der Waals surface area (Å²) in [7, 11) is 0. The van der Waals surface area contributed by atoms with E-state index in [1.165, 1.54) is 23.1 Å². The van der Waals surface area contributed by atoms with Crippen molar-refractivity contribution < 1.29 is 13.2 Å². The molecule has 0 radical (unpaired) electrons. The Labute approximate surface area is 150 Å². The SMILES string of the molecule is CCc1cccc(N(C(=N)N)c2cc(SC(F)(F)F)ccc2Br)c1. The summed E-state index contributed by atoms with van der Waals surface area (Å²) < 4.78 is 38.4. The monoisotopic (exact) mass is 417 g/mol. The number of nitrogens with two attached hydrogens (primary N) is 1. The number of alkyl halides is 3. The molecule has 3 nitrogen and oxygen atoms in total. The third kappa shape index (κ3) is 4.67. The quantitative estimate of drug-likeness (QED) is 0.383. The van der Waals surface area contributed by atoms with Gasteiger partial charge in [0.05, 0.1) is 5.69 Å². The molecule has 2 aromatic carbocycles. The molecule has 0 atom stereocenters. The number of nitrogens with zero attached hydrogens (tertiary/aromatic N) is 1. The van der Waals surface area contributed by atoms with Crippen LogP contribution in [0.4, 0.5) is 24.5 Å². The lowest BCUT2D eigenvalue weighted by Gasteiger charge is -2.25. The van der Waals surface area contributed by atoms with E-state index in [0.717, 1.165) is 12.0 Å². The fraction of sp³-hybridized carbons (Fsp3) is 0.188. The summed E-state index contributed by atoms with van der Waals surface area (Å²) in [4.78, 5) is 1.43. The van der Waals surface area contributed by atoms with Crippen molar-refractivity contribution in [3.05, 3.63) is 52.5 Å². The van der Waals surface area contributed by atoms with Gasteiger partial charge in [-0.05, 0) is 70.0 Å². The molecule has 0 saturated heterocycles. The summed E-state index contributed by atoms with van der Waals surface area (Å²) in [6.07, 6.45) is 0.796. The van der Waals surface area contributed by atoms with E-state index in [1.807, 2.05) is 25.1 Å². The van der Waals surface area contributed by atoms with Crippen molar-refractivity contribution in [1.29, 1.82) is 5.41 Å². The van der Waals surface area contributed by atoms with Crippen molar-refractivity contribution in [2.24, 2.45) is 5.73 Å². The first-order chi connectivity index (χ1) is 11.2. The summed E-state index contributed by atoms with van der Waals surface area (Å²) in [5, 5.41) is 7.85. The van der Waals surface area contributed by atoms with E-state index in [2.05, 4.69) is 15.9 Å². The minimum atomic E-state index is -4.38. The standard InChI is InChI=1S/C16H15BrF3N3S/c1-2-10-4-3-5-11(8-10)23(15(21)22)14-9-12(6-7-13(14)17)24-16(18,19)20/h3-9H,2H2,1H3,(H3,21,22). The molecule has 0 fully saturated rings. The second kappa shape index (κ2) is 7.48. The number of guanidine groups is 1. The Hall–Kier alpha value is -1.67. The molecular weight excluding hydrogens is 403 g/mol. The van der Waals surface area contributed by atoms with Gasteiger partial charge < -0.3 is 5.73 Å². The molecule has 3 N–H and O–H groups in total. The van der Waals surface area contributed by atoms with E-state index in [9.17, 15) is 13.2 Å². The van der Waals surface area contributed by atoms with Gasteiger partial charge in [-0.2, -0.15) is 13.2 Å². The highest BCUT2D eigenvalue weighted by Crippen LogP contribution is 2.41. The van der Waals surface area contributed by atoms with Crippen LogP contribution >= 0.6 is 27.7 Å². The van der Waals surface area contributed by atoms with Gasteiger partial charge in [0.15, 0.2) is 5.96 Å². The zero-order valence-electron chi connectivity index (χ0n) is 12.7. The largest absolute Gasteiger partial charge is 0.446 e. The van der Waals surface area contributed by atoms with Gasteiger partial charge in [0.25, 0.3) is 0 Å². The molecule has 0 amide bonds. The number of thioether (sulfide) groups is 1. The summed E-state index contributed by atoms with van der Waals surface area (Å²) in [5.74, 6) is -0.280. The van der Waals surface area contributed by atoms with Gasteiger partial charge in [0.2, 0.25) is 0 Å². The van der Waals surface area contributed by atoms with Crippen LogP contribution in [0.5, 0.6) is 0 Å². The van der Waals surface area contributed by atoms with Crippen molar-refractivity contribution in [2.45, 2.75) is 23.7 Å². The molecule has 24 heavy (non-hydrogen) atoms. The normalized spacial score (nSPS) is 11.4. The zero-order chi connectivity index (χ0) is 17.9. The van der Waals surface area contributed by atoms with Crippen LogP contribution in [0.25, 0.3) is 0 Å². The number of halogens is 4. The topological polar surface area (TPSA) is 53.1 Å². The third-order valence-electron chi connectivity index (χ3n) is 3.21. The van der Waals surface area contributed by atoms with Crippen LogP contribution in [-0.4, -0.2) is 11.5 Å². The first kappa shape index (κ1) is 18.7. The Morgan fingerprint density at radius 1 is 1.25 bits per heavy atom. The first-order valence-corrected chi connectivity index (χ1v) is 8.60. The highest BCUT2D eigenvalue weighted by atomic mass is 79.9. The average Bonchev–Trinajstić information content (AvgIpc) is 2.49. The number of nitrogens with one attached hydrogen (secondary N) is 1. The number of anilines is 2. The number of benzene rings is 2. The van der Waals surface area contributed by atoms with Crippen molar-refractivity contribution in [2.75, 3.05) is 4.90 Å². The van der Waals surface area contributed by atoms with Crippen molar-refractivity contribution in [3.63, 3.8) is 0 Å². The average molecular weight is 418 g/mol. The predicted molar refractivity (Wildman–Crippen MR) is 95.9 cm³/mol. The minimum Gasteiger partial charge on any atom is -0.369 e. The lowest BCUT2D eigenvalue weighted by atomic mass is 10.1. The van der Waals surface area contributed by atoms with Crippen LogP contribution in [-0.2, 0) is 6.42 Å². The highest BCUT2D eigenvalue weighted by molar-refractivity contribution is 9.10. The molecule has 8 heteroatoms. The Balaban J connectivity index is 2.51. The van der Waals surface area contributed by atoms with Gasteiger partial charge in [0.1, 0.15) is 0 Å². The number of hydrogen-bond acceptors (Lipinski definition) is 2. The van der Waals surface area contributed by atoms with Crippen molar-refractivity contribution in [1.82, 2.24) is 0 Å². The van der Waals surface area contributed by atoms with Crippen molar-refractivity contribution >= 4 is 45.0 Å². The molecule has 128 valence electrons. The van der Waals surface area contributed by atoms with Crippen LogP contribution in [0.15, 0.2) is 51.8 Å². The first-order valence-electron chi connectivity index (χ1n) is 6.99. The predicted octanol–water partition coefficient (Wildman–Crippen LogP) is 5.65. The van der Waals surface area contributed by atoms with Crippen LogP contribution < -0.4 is 10.6 Å².